The number of benzene rings is 1. The van der Waals surface area contributed by atoms with Crippen molar-refractivity contribution in [2.45, 2.75) is 95.8 Å². The number of anilines is 1. The summed E-state index contributed by atoms with van der Waals surface area (Å²) in [5.41, 5.74) is 1.33. The fourth-order valence-electron chi connectivity index (χ4n) is 6.33. The van der Waals surface area contributed by atoms with Crippen molar-refractivity contribution in [2.75, 3.05) is 39.7 Å². The molecule has 3 aliphatic rings. The highest BCUT2D eigenvalue weighted by Gasteiger charge is 2.63. The number of fused-ring (bicyclic) bond motifs is 5. The van der Waals surface area contributed by atoms with Crippen LogP contribution in [-0.4, -0.2) is 99.6 Å². The Balaban J connectivity index is 1.70. The molecule has 3 aliphatic heterocycles. The van der Waals surface area contributed by atoms with Crippen molar-refractivity contribution in [3.05, 3.63) is 46.5 Å². The van der Waals surface area contributed by atoms with Gasteiger partial charge in [-0.3, -0.25) is 9.59 Å². The molecule has 13 heteroatoms. The second-order valence-electron chi connectivity index (χ2n) is 13.2. The smallest absolute Gasteiger partial charge is 0.407 e. The molecule has 2 saturated heterocycles. The predicted octanol–water partition coefficient (Wildman–Crippen LogP) is 4.18. The van der Waals surface area contributed by atoms with Crippen LogP contribution in [0.1, 0.15) is 58.9 Å². The summed E-state index contributed by atoms with van der Waals surface area (Å²) >= 11 is 6.73. The summed E-state index contributed by atoms with van der Waals surface area (Å²) < 4.78 is 23.6. The highest BCUT2D eigenvalue weighted by atomic mass is 35.5. The maximum absolute atomic E-state index is 14.0. The molecule has 48 heavy (non-hydrogen) atoms. The van der Waals surface area contributed by atoms with Crippen LogP contribution in [0.4, 0.5) is 10.5 Å². The Bertz CT molecular complexity index is 1450. The first-order valence-electron chi connectivity index (χ1n) is 16.4. The standard InChI is InChI=1S/C35H49ClN4O8/c1-20-11-9-10-12-24-18-26(46-34(44)38-24)21(2)32-35(4,48-32)28(47-33(43)22(3)39(6)29(41)13-14-37-5)19-30(42)40(7)25-16-23(15-20)17-27(45-8)31(25)36/h9-11,16-17,21-22,24,26,28,32,37H,12-15,18-19H2,1-8H3,(H,38,44)/b10-9+,20-11+/t21-,22+,24?,26+,28+,32+,35+/m1/s1. The zero-order valence-corrected chi connectivity index (χ0v) is 29.9. The number of amides is 3. The van der Waals surface area contributed by atoms with Gasteiger partial charge in [0, 0.05) is 45.4 Å². The van der Waals surface area contributed by atoms with Gasteiger partial charge in [0.1, 0.15) is 34.6 Å². The van der Waals surface area contributed by atoms with E-state index < -0.39 is 42.0 Å². The highest BCUT2D eigenvalue weighted by molar-refractivity contribution is 6.35. The van der Waals surface area contributed by atoms with Crippen LogP contribution in [0.2, 0.25) is 5.02 Å². The minimum absolute atomic E-state index is 0.139. The number of likely N-dealkylation sites (N-methyl/N-ethyl adjacent to an activating group) is 1. The Kier molecular flexibility index (Phi) is 12.2. The zero-order valence-electron chi connectivity index (χ0n) is 29.1. The molecule has 12 nitrogen and oxygen atoms in total. The molecule has 3 amide bonds. The molecule has 264 valence electrons. The van der Waals surface area contributed by atoms with Crippen molar-refractivity contribution in [1.82, 2.24) is 15.5 Å². The number of nitrogens with one attached hydrogen (secondary N) is 2. The van der Waals surface area contributed by atoms with Crippen molar-refractivity contribution in [3.8, 4) is 5.75 Å². The number of alkyl carbamates (subject to hydrolysis) is 1. The molecule has 3 heterocycles. The number of hydrogen-bond acceptors (Lipinski definition) is 9. The lowest BCUT2D eigenvalue weighted by Crippen LogP contribution is -2.49. The lowest BCUT2D eigenvalue weighted by atomic mass is 9.85. The van der Waals surface area contributed by atoms with Crippen molar-refractivity contribution in [3.63, 3.8) is 0 Å². The summed E-state index contributed by atoms with van der Waals surface area (Å²) in [7, 11) is 6.42. The van der Waals surface area contributed by atoms with Crippen molar-refractivity contribution in [2.24, 2.45) is 5.92 Å². The topological polar surface area (TPSA) is 139 Å². The monoisotopic (exact) mass is 688 g/mol. The molecule has 1 aromatic rings. The summed E-state index contributed by atoms with van der Waals surface area (Å²) in [6.45, 7) is 7.78. The van der Waals surface area contributed by atoms with Gasteiger partial charge < -0.3 is 39.4 Å². The number of carbonyl (C=O) groups excluding carboxylic acids is 4. The molecule has 0 aliphatic carbocycles. The number of nitrogens with zero attached hydrogens (tertiary/aromatic N) is 2. The SMILES string of the molecule is CNCCC(=O)N(C)[C@@H](C)C(=O)O[C@H]1CC(=O)N(C)c2cc(cc(OC)c2Cl)C/C(C)=C/C=C/CC2C[C@H](OC(=O)N2)[C@@H](C)[C@@H]2O[C@@]12C. The van der Waals surface area contributed by atoms with Gasteiger partial charge in [-0.2, -0.15) is 0 Å². The van der Waals surface area contributed by atoms with Crippen LogP contribution >= 0.6 is 11.6 Å². The Morgan fingerprint density at radius 3 is 2.71 bits per heavy atom. The van der Waals surface area contributed by atoms with Crippen molar-refractivity contribution >= 4 is 41.2 Å². The third kappa shape index (κ3) is 8.51. The molecule has 0 spiro atoms. The highest BCUT2D eigenvalue weighted by Crippen LogP contribution is 2.48. The number of carbonyl (C=O) groups is 4. The fraction of sp³-hybridized carbons (Fsp3) is 0.600. The number of methoxy groups -OCH3 is 1. The van der Waals surface area contributed by atoms with Gasteiger partial charge in [-0.15, -0.1) is 0 Å². The van der Waals surface area contributed by atoms with Crippen LogP contribution in [0.5, 0.6) is 5.75 Å². The molecule has 0 radical (unpaired) electrons. The van der Waals surface area contributed by atoms with Gasteiger partial charge in [0.15, 0.2) is 0 Å². The Hall–Kier alpha value is -3.61. The lowest BCUT2D eigenvalue weighted by molar-refractivity contribution is -0.162. The Morgan fingerprint density at radius 1 is 1.29 bits per heavy atom. The Labute approximate surface area is 288 Å². The van der Waals surface area contributed by atoms with E-state index in [1.165, 1.54) is 16.9 Å². The number of allylic oxidation sites excluding steroid dienone is 3. The van der Waals surface area contributed by atoms with E-state index in [0.717, 1.165) is 11.1 Å². The van der Waals surface area contributed by atoms with Gasteiger partial charge in [0.25, 0.3) is 0 Å². The largest absolute Gasteiger partial charge is 0.495 e. The van der Waals surface area contributed by atoms with E-state index in [9.17, 15) is 19.2 Å². The molecule has 7 atom stereocenters. The van der Waals surface area contributed by atoms with Crippen LogP contribution in [0.15, 0.2) is 35.9 Å². The van der Waals surface area contributed by atoms with Gasteiger partial charge in [-0.05, 0) is 58.4 Å². The van der Waals surface area contributed by atoms with E-state index in [4.69, 9.17) is 30.5 Å². The third-order valence-corrected chi connectivity index (χ3v) is 10.0. The minimum atomic E-state index is -1.07. The van der Waals surface area contributed by atoms with E-state index in [2.05, 4.69) is 10.6 Å². The van der Waals surface area contributed by atoms with E-state index in [1.807, 2.05) is 44.2 Å². The average Bonchev–Trinajstić information content (AvgIpc) is 3.75. The van der Waals surface area contributed by atoms with Crippen LogP contribution in [0.25, 0.3) is 0 Å². The maximum atomic E-state index is 14.0. The summed E-state index contributed by atoms with van der Waals surface area (Å²) in [5.74, 6) is -1.11. The first-order chi connectivity index (χ1) is 22.7. The molecule has 4 bridgehead atoms. The molecule has 1 unspecified atom stereocenters. The number of ether oxygens (including phenoxy) is 4. The van der Waals surface area contributed by atoms with Gasteiger partial charge >= 0.3 is 12.1 Å². The molecule has 4 rings (SSSR count). The second-order valence-corrected chi connectivity index (χ2v) is 13.6. The van der Waals surface area contributed by atoms with Gasteiger partial charge in [-0.25, -0.2) is 9.59 Å². The molecular formula is C35H49ClN4O8. The summed E-state index contributed by atoms with van der Waals surface area (Å²) in [6, 6.07) is 2.64. The Morgan fingerprint density at radius 2 is 2.02 bits per heavy atom. The number of epoxide rings is 1. The van der Waals surface area contributed by atoms with E-state index in [0.29, 0.717) is 37.2 Å². The average molecular weight is 689 g/mol. The van der Waals surface area contributed by atoms with Crippen LogP contribution in [0, 0.1) is 5.92 Å². The van der Waals surface area contributed by atoms with Gasteiger partial charge in [0.2, 0.25) is 11.8 Å². The van der Waals surface area contributed by atoms with Gasteiger partial charge in [-0.1, -0.05) is 42.3 Å². The first kappa shape index (κ1) is 37.2. The van der Waals surface area contributed by atoms with Gasteiger partial charge in [0.05, 0.1) is 25.3 Å². The van der Waals surface area contributed by atoms with Crippen LogP contribution in [0.3, 0.4) is 0 Å². The lowest BCUT2D eigenvalue weighted by Gasteiger charge is -2.33. The molecule has 2 fully saturated rings. The third-order valence-electron chi connectivity index (χ3n) is 9.67. The van der Waals surface area contributed by atoms with E-state index >= 15 is 0 Å². The molecule has 2 N–H and O–H groups in total. The quantitative estimate of drug-likeness (QED) is 0.319. The van der Waals surface area contributed by atoms with Crippen molar-refractivity contribution in [1.29, 1.82) is 0 Å². The summed E-state index contributed by atoms with van der Waals surface area (Å²) in [6.07, 6.45) is 5.27. The number of halogens is 1. The predicted molar refractivity (Wildman–Crippen MR) is 182 cm³/mol. The second kappa shape index (κ2) is 15.7. The molecule has 0 aromatic heterocycles. The van der Waals surface area contributed by atoms with E-state index in [1.54, 1.807) is 35.0 Å². The van der Waals surface area contributed by atoms with Crippen LogP contribution in [-0.2, 0) is 35.0 Å². The molecular weight excluding hydrogens is 640 g/mol. The zero-order chi connectivity index (χ0) is 35.3. The van der Waals surface area contributed by atoms with Crippen molar-refractivity contribution < 1.29 is 38.1 Å². The number of rotatable bonds is 7. The minimum Gasteiger partial charge on any atom is -0.495 e. The van der Waals surface area contributed by atoms with Crippen LogP contribution < -0.4 is 20.3 Å². The first-order valence-corrected chi connectivity index (χ1v) is 16.8. The molecule has 0 saturated carbocycles. The number of hydrogen-bond donors (Lipinski definition) is 2. The van der Waals surface area contributed by atoms with E-state index in [-0.39, 0.29) is 41.6 Å². The number of esters is 1. The fourth-order valence-corrected chi connectivity index (χ4v) is 6.64. The summed E-state index contributed by atoms with van der Waals surface area (Å²) in [4.78, 5) is 55.6. The normalized spacial score (nSPS) is 30.1. The molecule has 1 aromatic carbocycles. The maximum Gasteiger partial charge on any atom is 0.407 e. The summed E-state index contributed by atoms with van der Waals surface area (Å²) in [5, 5.41) is 6.10.